The smallest absolute Gasteiger partial charge is 0.333 e. The van der Waals surface area contributed by atoms with Crippen molar-refractivity contribution in [1.82, 2.24) is 0 Å². The van der Waals surface area contributed by atoms with E-state index < -0.39 is 5.41 Å². The fourth-order valence-corrected chi connectivity index (χ4v) is 4.62. The van der Waals surface area contributed by atoms with Gasteiger partial charge in [0, 0.05) is 35.8 Å². The highest BCUT2D eigenvalue weighted by molar-refractivity contribution is 5.86. The number of hydrogen-bond donors (Lipinski definition) is 0. The molecule has 0 amide bonds. The van der Waals surface area contributed by atoms with Crippen molar-refractivity contribution in [1.29, 1.82) is 0 Å². The summed E-state index contributed by atoms with van der Waals surface area (Å²) >= 11 is 0. The molecule has 0 aliphatic carbocycles. The van der Waals surface area contributed by atoms with Gasteiger partial charge in [0.15, 0.2) is 0 Å². The minimum Gasteiger partial charge on any atom is -0.463 e. The average molecular weight is 630 g/mol. The number of esters is 2. The Kier molecular flexibility index (Phi) is 14.5. The van der Waals surface area contributed by atoms with E-state index in [2.05, 4.69) is 92.1 Å². The molecule has 0 radical (unpaired) electrons. The van der Waals surface area contributed by atoms with Gasteiger partial charge in [0.05, 0.1) is 18.6 Å². The summed E-state index contributed by atoms with van der Waals surface area (Å²) in [5.41, 5.74) is 8.20. The van der Waals surface area contributed by atoms with Gasteiger partial charge in [0.2, 0.25) is 0 Å². The first-order valence-electron chi connectivity index (χ1n) is 16.2. The molecule has 0 heterocycles. The molecule has 0 aliphatic heterocycles. The van der Waals surface area contributed by atoms with E-state index in [-0.39, 0.29) is 25.2 Å². The number of aryl methyl sites for hydroxylation is 4. The van der Waals surface area contributed by atoms with Gasteiger partial charge in [-0.15, -0.1) is 0 Å². The second-order valence-corrected chi connectivity index (χ2v) is 12.7. The second-order valence-electron chi connectivity index (χ2n) is 12.7. The second kappa shape index (κ2) is 18.3. The summed E-state index contributed by atoms with van der Waals surface area (Å²) in [5, 5.41) is 0. The molecule has 0 fully saturated rings. The zero-order valence-corrected chi connectivity index (χ0v) is 28.5. The van der Waals surface area contributed by atoms with E-state index in [0.717, 1.165) is 42.7 Å². The lowest BCUT2D eigenvalue weighted by atomic mass is 9.97. The topological polar surface area (TPSA) is 74.3 Å². The first kappa shape index (κ1) is 36.5. The van der Waals surface area contributed by atoms with Gasteiger partial charge in [-0.05, 0) is 126 Å². The highest BCUT2D eigenvalue weighted by atomic mass is 16.6. The summed E-state index contributed by atoms with van der Waals surface area (Å²) in [4.78, 5) is 25.6. The molecule has 7 nitrogen and oxygen atoms in total. The molecule has 0 aromatic heterocycles. The van der Waals surface area contributed by atoms with Crippen molar-refractivity contribution >= 4 is 29.0 Å². The molecule has 0 saturated heterocycles. The number of ether oxygens (including phenoxy) is 4. The third-order valence-electron chi connectivity index (χ3n) is 7.53. The molecule has 3 rings (SSSR count). The summed E-state index contributed by atoms with van der Waals surface area (Å²) < 4.78 is 21.6. The predicted molar refractivity (Wildman–Crippen MR) is 185 cm³/mol. The monoisotopic (exact) mass is 629 g/mol. The highest BCUT2D eigenvalue weighted by Gasteiger charge is 2.22. The molecule has 3 aromatic carbocycles. The Morgan fingerprint density at radius 3 is 1.59 bits per heavy atom. The van der Waals surface area contributed by atoms with Crippen LogP contribution in [0.15, 0.2) is 78.9 Å². The maximum atomic E-state index is 11.8. The Hall–Kier alpha value is -3.94. The summed E-state index contributed by atoms with van der Waals surface area (Å²) in [6, 6.07) is 24.0. The number of anilines is 3. The summed E-state index contributed by atoms with van der Waals surface area (Å²) in [7, 11) is 0. The molecular weight excluding hydrogens is 578 g/mol. The molecule has 0 aliphatic rings. The van der Waals surface area contributed by atoms with Crippen LogP contribution in [0.5, 0.6) is 0 Å². The van der Waals surface area contributed by atoms with Gasteiger partial charge in [-0.3, -0.25) is 4.79 Å². The van der Waals surface area contributed by atoms with Crippen molar-refractivity contribution in [3.05, 3.63) is 101 Å². The quantitative estimate of drug-likeness (QED) is 0.0795. The zero-order chi connectivity index (χ0) is 33.5. The van der Waals surface area contributed by atoms with Crippen LogP contribution >= 0.6 is 0 Å². The van der Waals surface area contributed by atoms with Crippen LogP contribution in [0.25, 0.3) is 0 Å². The molecule has 3 aromatic rings. The predicted octanol–water partition coefficient (Wildman–Crippen LogP) is 8.38. The Balaban J connectivity index is 1.55. The third kappa shape index (κ3) is 12.1. The fourth-order valence-electron chi connectivity index (χ4n) is 4.62. The lowest BCUT2D eigenvalue weighted by molar-refractivity contribution is -0.154. The molecular formula is C39H51NO6. The molecule has 0 unspecified atom stereocenters. The SMILES string of the molecule is C=C(C)C(=O)OCCOCCCc1ccc(N(c2ccc(CCCOCCOC(=O)C(C)(C)C)cc2)c2ccc(C)c(C)c2)cc1. The number of hydrogen-bond acceptors (Lipinski definition) is 7. The Bertz CT molecular complexity index is 1410. The molecule has 0 spiro atoms. The van der Waals surface area contributed by atoms with Crippen LogP contribution in [0.3, 0.4) is 0 Å². The van der Waals surface area contributed by atoms with Crippen LogP contribution in [-0.4, -0.2) is 51.6 Å². The molecule has 0 bridgehead atoms. The molecule has 0 N–H and O–H groups in total. The lowest BCUT2D eigenvalue weighted by Gasteiger charge is -2.26. The fraction of sp³-hybridized carbons (Fsp3) is 0.436. The maximum Gasteiger partial charge on any atom is 0.333 e. The van der Waals surface area contributed by atoms with Crippen molar-refractivity contribution in [2.24, 2.45) is 5.41 Å². The Morgan fingerprint density at radius 1 is 0.652 bits per heavy atom. The van der Waals surface area contributed by atoms with E-state index in [1.54, 1.807) is 6.92 Å². The van der Waals surface area contributed by atoms with Gasteiger partial charge >= 0.3 is 11.9 Å². The van der Waals surface area contributed by atoms with Gasteiger partial charge in [-0.2, -0.15) is 0 Å². The molecule has 248 valence electrons. The number of carbonyl (C=O) groups excluding carboxylic acids is 2. The van der Waals surface area contributed by atoms with E-state index >= 15 is 0 Å². The summed E-state index contributed by atoms with van der Waals surface area (Å²) in [6.45, 7) is 17.5. The van der Waals surface area contributed by atoms with Crippen molar-refractivity contribution in [3.8, 4) is 0 Å². The number of nitrogens with zero attached hydrogens (tertiary/aromatic N) is 1. The van der Waals surface area contributed by atoms with Gasteiger partial charge in [0.25, 0.3) is 0 Å². The van der Waals surface area contributed by atoms with Crippen molar-refractivity contribution < 1.29 is 28.5 Å². The minimum absolute atomic E-state index is 0.207. The minimum atomic E-state index is -0.494. The van der Waals surface area contributed by atoms with Crippen LogP contribution in [0.2, 0.25) is 0 Å². The largest absolute Gasteiger partial charge is 0.463 e. The standard InChI is InChI=1S/C39H51NO6/c1-29(2)37(41)45-26-24-43-22-8-10-32-13-18-34(19-14-32)40(36-17-12-30(3)31(4)28-36)35-20-15-33(16-21-35)11-9-23-44-25-27-46-38(42)39(5,6)7/h12-21,28H,1,8-11,22-27H2,2-7H3. The highest BCUT2D eigenvalue weighted by Crippen LogP contribution is 2.35. The van der Waals surface area contributed by atoms with E-state index in [4.69, 9.17) is 18.9 Å². The Labute approximate surface area is 275 Å². The van der Waals surface area contributed by atoms with Crippen LogP contribution in [0.4, 0.5) is 17.1 Å². The van der Waals surface area contributed by atoms with E-state index in [1.165, 1.54) is 22.3 Å². The van der Waals surface area contributed by atoms with Gasteiger partial charge in [0.1, 0.15) is 13.2 Å². The number of rotatable bonds is 18. The van der Waals surface area contributed by atoms with E-state index in [9.17, 15) is 9.59 Å². The van der Waals surface area contributed by atoms with Crippen LogP contribution in [0.1, 0.15) is 62.8 Å². The van der Waals surface area contributed by atoms with Crippen molar-refractivity contribution in [2.45, 2.75) is 67.2 Å². The average Bonchev–Trinajstić information content (AvgIpc) is 3.02. The summed E-state index contributed by atoms with van der Waals surface area (Å²) in [5.74, 6) is -0.591. The van der Waals surface area contributed by atoms with Gasteiger partial charge < -0.3 is 23.8 Å². The normalized spacial score (nSPS) is 11.3. The van der Waals surface area contributed by atoms with E-state index in [1.807, 2.05) is 20.8 Å². The van der Waals surface area contributed by atoms with Gasteiger partial charge in [-0.1, -0.05) is 36.9 Å². The maximum absolute atomic E-state index is 11.8. The summed E-state index contributed by atoms with van der Waals surface area (Å²) in [6.07, 6.45) is 3.58. The number of benzene rings is 3. The van der Waals surface area contributed by atoms with Crippen LogP contribution in [0, 0.1) is 19.3 Å². The molecule has 46 heavy (non-hydrogen) atoms. The Morgan fingerprint density at radius 2 is 1.13 bits per heavy atom. The van der Waals surface area contributed by atoms with Crippen LogP contribution in [-0.2, 0) is 41.4 Å². The van der Waals surface area contributed by atoms with E-state index in [0.29, 0.717) is 32.0 Å². The third-order valence-corrected chi connectivity index (χ3v) is 7.53. The van der Waals surface area contributed by atoms with Crippen LogP contribution < -0.4 is 4.90 Å². The lowest BCUT2D eigenvalue weighted by Crippen LogP contribution is -2.24. The number of carbonyl (C=O) groups is 2. The zero-order valence-electron chi connectivity index (χ0n) is 28.5. The first-order chi connectivity index (χ1) is 22.0. The van der Waals surface area contributed by atoms with Crippen molar-refractivity contribution in [3.63, 3.8) is 0 Å². The molecule has 0 saturated carbocycles. The molecule has 7 heteroatoms. The first-order valence-corrected chi connectivity index (χ1v) is 16.2. The van der Waals surface area contributed by atoms with Crippen molar-refractivity contribution in [2.75, 3.05) is 44.5 Å². The van der Waals surface area contributed by atoms with Gasteiger partial charge in [-0.25, -0.2) is 4.79 Å². The molecule has 0 atom stereocenters.